The molecule has 1 aliphatic heterocycles. The maximum Gasteiger partial charge on any atom is 4.00 e. The third-order valence-electron chi connectivity index (χ3n) is 12.6. The SMILES string of the molecule is CC1CC(C)C2CC(C)C([Si]3(C4C(C)CC5C(C)CCC(C)C54)CCCC3)C2C1C.[CH3-].[CH3-].[CH3-].[CH3-].[Hf+4]. The molecule has 1 saturated heterocycles. The van der Waals surface area contributed by atoms with Gasteiger partial charge in [0.15, 0.2) is 0 Å². The second kappa shape index (κ2) is 13.4. The van der Waals surface area contributed by atoms with Crippen LogP contribution in [0.25, 0.3) is 0 Å². The third kappa shape index (κ3) is 5.56. The van der Waals surface area contributed by atoms with E-state index >= 15 is 0 Å². The quantitative estimate of drug-likeness (QED) is 0.203. The smallest absolute Gasteiger partial charge is 0.358 e. The van der Waals surface area contributed by atoms with Crippen LogP contribution in [0.3, 0.4) is 0 Å². The van der Waals surface area contributed by atoms with Crippen LogP contribution in [0.2, 0.25) is 23.2 Å². The van der Waals surface area contributed by atoms with Gasteiger partial charge in [0, 0.05) is 0 Å². The van der Waals surface area contributed by atoms with Crippen LogP contribution in [0.1, 0.15) is 93.4 Å². The Morgan fingerprint density at radius 3 is 1.49 bits per heavy atom. The van der Waals surface area contributed by atoms with Crippen molar-refractivity contribution in [2.75, 3.05) is 0 Å². The normalized spacial score (nSPS) is 49.6. The van der Waals surface area contributed by atoms with Gasteiger partial charge >= 0.3 is 25.8 Å². The van der Waals surface area contributed by atoms with Crippen LogP contribution >= 0.6 is 0 Å². The second-order valence-corrected chi connectivity index (χ2v) is 18.8. The Labute approximate surface area is 244 Å². The zero-order valence-electron chi connectivity index (χ0n) is 25.9. The minimum atomic E-state index is -1.28. The molecule has 5 fully saturated rings. The van der Waals surface area contributed by atoms with E-state index in [1.807, 2.05) is 0 Å². The first kappa shape index (κ1) is 36.1. The fourth-order valence-corrected chi connectivity index (χ4v) is 20.6. The Morgan fingerprint density at radius 1 is 0.486 bits per heavy atom. The number of rotatable bonds is 2. The van der Waals surface area contributed by atoms with Gasteiger partial charge in [0.1, 0.15) is 0 Å². The van der Waals surface area contributed by atoms with E-state index in [-0.39, 0.29) is 55.5 Å². The molecule has 13 atom stereocenters. The summed E-state index contributed by atoms with van der Waals surface area (Å²) < 4.78 is 0. The van der Waals surface area contributed by atoms with Crippen LogP contribution in [0.5, 0.6) is 0 Å². The molecule has 5 rings (SSSR count). The number of hydrogen-bond donors (Lipinski definition) is 0. The summed E-state index contributed by atoms with van der Waals surface area (Å²) in [6.07, 6.45) is 10.9. The van der Waals surface area contributed by atoms with Gasteiger partial charge < -0.3 is 29.7 Å². The molecule has 1 heterocycles. The van der Waals surface area contributed by atoms with Crippen LogP contribution in [0, 0.1) is 94.8 Å². The number of hydrogen-bond acceptors (Lipinski definition) is 0. The zero-order valence-corrected chi connectivity index (χ0v) is 30.5. The van der Waals surface area contributed by atoms with E-state index in [0.29, 0.717) is 0 Å². The average molecular weight is 667 g/mol. The molecule has 204 valence electrons. The fraction of sp³-hybridized carbons (Fsp3) is 0.879. The minimum absolute atomic E-state index is 0. The first-order chi connectivity index (χ1) is 14.3. The fourth-order valence-electron chi connectivity index (χ4n) is 11.6. The monoisotopic (exact) mass is 668 g/mol. The van der Waals surface area contributed by atoms with E-state index in [1.165, 1.54) is 30.3 Å². The second-order valence-electron chi connectivity index (χ2n) is 14.0. The van der Waals surface area contributed by atoms with Gasteiger partial charge in [-0.2, -0.15) is 0 Å². The van der Waals surface area contributed by atoms with Crippen molar-refractivity contribution in [1.82, 2.24) is 0 Å². The summed E-state index contributed by atoms with van der Waals surface area (Å²) in [7, 11) is -1.28. The van der Waals surface area contributed by atoms with Crippen molar-refractivity contribution in [3.8, 4) is 0 Å². The minimum Gasteiger partial charge on any atom is -0.358 e. The van der Waals surface area contributed by atoms with Crippen molar-refractivity contribution in [1.29, 1.82) is 0 Å². The van der Waals surface area contributed by atoms with Gasteiger partial charge in [-0.15, -0.1) is 0 Å². The molecule has 13 unspecified atom stereocenters. The Hall–Kier alpha value is 1.09. The molecular formula is C33H64HfSi. The molecule has 4 saturated carbocycles. The van der Waals surface area contributed by atoms with E-state index in [9.17, 15) is 0 Å². The van der Waals surface area contributed by atoms with Gasteiger partial charge in [0.2, 0.25) is 0 Å². The first-order valence-electron chi connectivity index (χ1n) is 14.3. The number of fused-ring (bicyclic) bond motifs is 2. The molecule has 4 aliphatic carbocycles. The molecule has 2 heteroatoms. The molecule has 0 aromatic rings. The van der Waals surface area contributed by atoms with Gasteiger partial charge in [-0.05, 0) is 95.4 Å². The van der Waals surface area contributed by atoms with Crippen LogP contribution in [0.4, 0.5) is 0 Å². The average Bonchev–Trinajstić information content (AvgIpc) is 3.39. The molecule has 0 radical (unpaired) electrons. The van der Waals surface area contributed by atoms with E-state index < -0.39 is 8.07 Å². The van der Waals surface area contributed by atoms with Crippen molar-refractivity contribution in [3.05, 3.63) is 29.7 Å². The zero-order chi connectivity index (χ0) is 21.4. The Balaban J connectivity index is 0.00000231. The Morgan fingerprint density at radius 2 is 0.943 bits per heavy atom. The molecular weight excluding hydrogens is 603 g/mol. The van der Waals surface area contributed by atoms with Crippen LogP contribution < -0.4 is 0 Å². The van der Waals surface area contributed by atoms with Gasteiger partial charge in [-0.1, -0.05) is 86.2 Å². The summed E-state index contributed by atoms with van der Waals surface area (Å²) in [4.78, 5) is 0. The van der Waals surface area contributed by atoms with Gasteiger partial charge in [0.25, 0.3) is 0 Å². The molecule has 0 amide bonds. The molecule has 0 spiro atoms. The van der Waals surface area contributed by atoms with Gasteiger partial charge in [-0.25, -0.2) is 0 Å². The van der Waals surface area contributed by atoms with E-state index in [0.717, 1.165) is 65.1 Å². The third-order valence-corrected chi connectivity index (χ3v) is 19.8. The van der Waals surface area contributed by atoms with E-state index in [1.54, 1.807) is 37.8 Å². The summed E-state index contributed by atoms with van der Waals surface area (Å²) in [5.41, 5.74) is 2.34. The van der Waals surface area contributed by atoms with Crippen LogP contribution in [0.15, 0.2) is 0 Å². The van der Waals surface area contributed by atoms with Crippen molar-refractivity contribution in [3.63, 3.8) is 0 Å². The molecule has 5 aliphatic rings. The predicted molar refractivity (Wildman–Crippen MR) is 159 cm³/mol. The summed E-state index contributed by atoms with van der Waals surface area (Å²) in [5.74, 6) is 11.4. The summed E-state index contributed by atoms with van der Waals surface area (Å²) in [6, 6.07) is 3.44. The van der Waals surface area contributed by atoms with Gasteiger partial charge in [0.05, 0.1) is 8.07 Å². The molecule has 35 heavy (non-hydrogen) atoms. The Bertz CT molecular complexity index is 627. The van der Waals surface area contributed by atoms with E-state index in [4.69, 9.17) is 0 Å². The van der Waals surface area contributed by atoms with E-state index in [2.05, 4.69) is 48.5 Å². The molecule has 0 nitrogen and oxygen atoms in total. The predicted octanol–water partition coefficient (Wildman–Crippen LogP) is 10.7. The molecule has 0 aromatic carbocycles. The standard InChI is InChI=1S/C29H52Si.4CH3.Hf/c1-17-10-11-18(2)26-24(17)15-21(5)28(26)30(12-8-9-13-30)29-22(6)16-25-20(4)14-19(3)23(7)27(25)29;;;;;/h17-29H,8-16H2,1-7H3;4*1H3;/q;4*-1;+4. The Kier molecular flexibility index (Phi) is 13.9. The maximum atomic E-state index is 2.74. The largest absolute Gasteiger partial charge is 4.00 e. The summed E-state index contributed by atoms with van der Waals surface area (Å²) in [5, 5.41) is 0. The van der Waals surface area contributed by atoms with Crippen molar-refractivity contribution < 1.29 is 25.8 Å². The van der Waals surface area contributed by atoms with Crippen LogP contribution in [-0.4, -0.2) is 8.07 Å². The summed E-state index contributed by atoms with van der Waals surface area (Å²) >= 11 is 0. The molecule has 0 bridgehead atoms. The van der Waals surface area contributed by atoms with Crippen LogP contribution in [-0.2, 0) is 25.8 Å². The topological polar surface area (TPSA) is 0 Å². The van der Waals surface area contributed by atoms with Crippen molar-refractivity contribution in [2.24, 2.45) is 65.1 Å². The molecule has 0 N–H and O–H groups in total. The molecule has 0 aromatic heterocycles. The maximum absolute atomic E-state index is 2.74. The summed E-state index contributed by atoms with van der Waals surface area (Å²) in [6.45, 7) is 18.7. The first-order valence-corrected chi connectivity index (χ1v) is 16.8. The van der Waals surface area contributed by atoms with Crippen molar-refractivity contribution in [2.45, 2.75) is 117 Å². The van der Waals surface area contributed by atoms with Crippen molar-refractivity contribution >= 4 is 8.07 Å². The van der Waals surface area contributed by atoms with Gasteiger partial charge in [-0.3, -0.25) is 0 Å².